The highest BCUT2D eigenvalue weighted by molar-refractivity contribution is 14.0. The minimum absolute atomic E-state index is 0. The highest BCUT2D eigenvalue weighted by Crippen LogP contribution is 2.16. The summed E-state index contributed by atoms with van der Waals surface area (Å²) in [5.41, 5.74) is 3.42. The van der Waals surface area contributed by atoms with Crippen LogP contribution in [0.3, 0.4) is 0 Å². The molecule has 2 heterocycles. The molecule has 0 spiro atoms. The fraction of sp³-hybridized carbons (Fsp3) is 0.500. The van der Waals surface area contributed by atoms with Crippen LogP contribution in [0.15, 0.2) is 39.8 Å². The number of benzene rings is 1. The first-order valence-electron chi connectivity index (χ1n) is 9.47. The van der Waals surface area contributed by atoms with Gasteiger partial charge in [0.1, 0.15) is 0 Å². The molecule has 7 nitrogen and oxygen atoms in total. The van der Waals surface area contributed by atoms with Crippen molar-refractivity contribution < 1.29 is 9.26 Å². The topological polar surface area (TPSA) is 74.9 Å². The Morgan fingerprint density at radius 3 is 2.43 bits per heavy atom. The summed E-state index contributed by atoms with van der Waals surface area (Å²) in [5.74, 6) is 1.90. The Morgan fingerprint density at radius 1 is 1.14 bits per heavy atom. The number of nitrogens with one attached hydrogen (secondary N) is 2. The second-order valence-corrected chi connectivity index (χ2v) is 6.92. The Hall–Kier alpha value is -1.81. The fourth-order valence-corrected chi connectivity index (χ4v) is 2.91. The number of hydrogen-bond acceptors (Lipinski definition) is 5. The number of anilines is 1. The standard InChI is InChI=1S/C20H29N5O2.HI/c1-15(2)19-12-18(27-24-19)14-23-20(21-3)22-13-16-4-6-17(7-5-16)25-8-10-26-11-9-25;/h4-7,12,15H,8-11,13-14H2,1-3H3,(H2,21,22,23);1H. The van der Waals surface area contributed by atoms with E-state index in [9.17, 15) is 0 Å². The smallest absolute Gasteiger partial charge is 0.191 e. The molecular weight excluding hydrogens is 469 g/mol. The van der Waals surface area contributed by atoms with E-state index in [4.69, 9.17) is 9.26 Å². The lowest BCUT2D eigenvalue weighted by atomic mass is 10.1. The molecule has 1 aromatic heterocycles. The molecule has 8 heteroatoms. The van der Waals surface area contributed by atoms with Gasteiger partial charge in [-0.3, -0.25) is 4.99 Å². The maximum Gasteiger partial charge on any atom is 0.191 e. The molecule has 0 radical (unpaired) electrons. The quantitative estimate of drug-likeness (QED) is 0.362. The highest BCUT2D eigenvalue weighted by Gasteiger charge is 2.11. The van der Waals surface area contributed by atoms with Gasteiger partial charge in [0.25, 0.3) is 0 Å². The summed E-state index contributed by atoms with van der Waals surface area (Å²) < 4.78 is 10.8. The van der Waals surface area contributed by atoms with Gasteiger partial charge in [-0.25, -0.2) is 0 Å². The van der Waals surface area contributed by atoms with Gasteiger partial charge >= 0.3 is 0 Å². The molecule has 2 aromatic rings. The van der Waals surface area contributed by atoms with E-state index in [0.717, 1.165) is 43.7 Å². The summed E-state index contributed by atoms with van der Waals surface area (Å²) in [6.07, 6.45) is 0. The number of ether oxygens (including phenoxy) is 1. The van der Waals surface area contributed by atoms with Crippen molar-refractivity contribution >= 4 is 35.6 Å². The lowest BCUT2D eigenvalue weighted by molar-refractivity contribution is 0.122. The van der Waals surface area contributed by atoms with Gasteiger partial charge in [0.05, 0.1) is 25.5 Å². The van der Waals surface area contributed by atoms with Crippen molar-refractivity contribution in [1.29, 1.82) is 0 Å². The number of rotatable bonds is 6. The Balaban J connectivity index is 0.00000280. The average molecular weight is 499 g/mol. The highest BCUT2D eigenvalue weighted by atomic mass is 127. The molecule has 2 N–H and O–H groups in total. The molecular formula is C20H30IN5O2. The molecule has 1 aliphatic heterocycles. The number of aromatic nitrogens is 1. The monoisotopic (exact) mass is 499 g/mol. The second kappa shape index (κ2) is 11.3. The number of hydrogen-bond donors (Lipinski definition) is 2. The second-order valence-electron chi connectivity index (χ2n) is 6.92. The lowest BCUT2D eigenvalue weighted by Gasteiger charge is -2.28. The van der Waals surface area contributed by atoms with Crippen LogP contribution < -0.4 is 15.5 Å². The Kier molecular flexibility index (Phi) is 9.04. The summed E-state index contributed by atoms with van der Waals surface area (Å²) in [6.45, 7) is 8.96. The van der Waals surface area contributed by atoms with E-state index in [0.29, 0.717) is 19.0 Å². The fourth-order valence-electron chi connectivity index (χ4n) is 2.91. The van der Waals surface area contributed by atoms with Gasteiger partial charge in [0, 0.05) is 38.4 Å². The van der Waals surface area contributed by atoms with Gasteiger partial charge in [-0.05, 0) is 23.6 Å². The molecule has 0 bridgehead atoms. The zero-order valence-electron chi connectivity index (χ0n) is 16.8. The van der Waals surface area contributed by atoms with Crippen LogP contribution in [0.4, 0.5) is 5.69 Å². The normalized spacial score (nSPS) is 14.7. The summed E-state index contributed by atoms with van der Waals surface area (Å²) >= 11 is 0. The summed E-state index contributed by atoms with van der Waals surface area (Å²) in [6, 6.07) is 10.6. The van der Waals surface area contributed by atoms with E-state index >= 15 is 0 Å². The van der Waals surface area contributed by atoms with Crippen LogP contribution >= 0.6 is 24.0 Å². The largest absolute Gasteiger partial charge is 0.378 e. The molecule has 3 rings (SSSR count). The first-order chi connectivity index (χ1) is 13.2. The molecule has 1 saturated heterocycles. The van der Waals surface area contributed by atoms with E-state index in [1.54, 1.807) is 7.05 Å². The Bertz CT molecular complexity index is 739. The van der Waals surface area contributed by atoms with Crippen molar-refractivity contribution in [2.45, 2.75) is 32.9 Å². The van der Waals surface area contributed by atoms with Gasteiger partial charge in [0.15, 0.2) is 11.7 Å². The van der Waals surface area contributed by atoms with Gasteiger partial charge in [-0.1, -0.05) is 31.1 Å². The van der Waals surface area contributed by atoms with Crippen molar-refractivity contribution in [2.24, 2.45) is 4.99 Å². The molecule has 0 unspecified atom stereocenters. The van der Waals surface area contributed by atoms with Crippen molar-refractivity contribution in [1.82, 2.24) is 15.8 Å². The number of guanidine groups is 1. The maximum absolute atomic E-state index is 5.41. The van der Waals surface area contributed by atoms with Gasteiger partial charge in [-0.15, -0.1) is 24.0 Å². The van der Waals surface area contributed by atoms with Crippen LogP contribution in [-0.2, 0) is 17.8 Å². The van der Waals surface area contributed by atoms with E-state index in [1.165, 1.54) is 11.3 Å². The SMILES string of the molecule is CN=C(NCc1ccc(N2CCOCC2)cc1)NCc1cc(C(C)C)no1.I. The number of aliphatic imine (C=N–C) groups is 1. The third-order valence-corrected chi connectivity index (χ3v) is 4.59. The molecule has 0 aliphatic carbocycles. The van der Waals surface area contributed by atoms with Crippen LogP contribution in [0, 0.1) is 0 Å². The average Bonchev–Trinajstić information content (AvgIpc) is 3.19. The number of nitrogens with zero attached hydrogens (tertiary/aromatic N) is 3. The molecule has 1 fully saturated rings. The molecule has 28 heavy (non-hydrogen) atoms. The van der Waals surface area contributed by atoms with Gasteiger partial charge < -0.3 is 24.8 Å². The number of morpholine rings is 1. The molecule has 0 saturated carbocycles. The summed E-state index contributed by atoms with van der Waals surface area (Å²) in [5, 5.41) is 10.7. The maximum atomic E-state index is 5.41. The van der Waals surface area contributed by atoms with Gasteiger partial charge in [0.2, 0.25) is 0 Å². The summed E-state index contributed by atoms with van der Waals surface area (Å²) in [7, 11) is 1.76. The van der Waals surface area contributed by atoms with E-state index in [2.05, 4.69) is 63.8 Å². The van der Waals surface area contributed by atoms with Crippen molar-refractivity contribution in [3.05, 3.63) is 47.3 Å². The predicted octanol–water partition coefficient (Wildman–Crippen LogP) is 3.12. The van der Waals surface area contributed by atoms with Crippen LogP contribution in [0.2, 0.25) is 0 Å². The third kappa shape index (κ3) is 6.37. The summed E-state index contributed by atoms with van der Waals surface area (Å²) in [4.78, 5) is 6.61. The minimum Gasteiger partial charge on any atom is -0.378 e. The van der Waals surface area contributed by atoms with Crippen molar-refractivity contribution in [2.75, 3.05) is 38.3 Å². The first-order valence-corrected chi connectivity index (χ1v) is 9.47. The van der Waals surface area contributed by atoms with Crippen LogP contribution in [0.5, 0.6) is 0 Å². The first kappa shape index (κ1) is 22.5. The minimum atomic E-state index is 0. The van der Waals surface area contributed by atoms with Crippen LogP contribution in [0.25, 0.3) is 0 Å². The molecule has 0 atom stereocenters. The predicted molar refractivity (Wildman–Crippen MR) is 123 cm³/mol. The molecule has 1 aromatic carbocycles. The molecule has 0 amide bonds. The Labute approximate surface area is 183 Å². The third-order valence-electron chi connectivity index (χ3n) is 4.59. The van der Waals surface area contributed by atoms with Crippen LogP contribution in [-0.4, -0.2) is 44.5 Å². The van der Waals surface area contributed by atoms with Crippen LogP contribution in [0.1, 0.15) is 36.8 Å². The van der Waals surface area contributed by atoms with Gasteiger partial charge in [-0.2, -0.15) is 0 Å². The van der Waals surface area contributed by atoms with E-state index in [-0.39, 0.29) is 24.0 Å². The molecule has 154 valence electrons. The Morgan fingerprint density at radius 2 is 1.82 bits per heavy atom. The number of halogens is 1. The van der Waals surface area contributed by atoms with Crippen molar-refractivity contribution in [3.63, 3.8) is 0 Å². The zero-order chi connectivity index (χ0) is 19.1. The van der Waals surface area contributed by atoms with Crippen molar-refractivity contribution in [3.8, 4) is 0 Å². The lowest BCUT2D eigenvalue weighted by Crippen LogP contribution is -2.36. The van der Waals surface area contributed by atoms with E-state index in [1.807, 2.05) is 6.07 Å². The molecule has 1 aliphatic rings. The van der Waals surface area contributed by atoms with E-state index < -0.39 is 0 Å². The zero-order valence-corrected chi connectivity index (χ0v) is 19.1.